The molecule has 0 bridgehead atoms. The van der Waals surface area contributed by atoms with E-state index in [1.807, 2.05) is 0 Å². The van der Waals surface area contributed by atoms with Gasteiger partial charge in [0.05, 0.1) is 4.92 Å². The van der Waals surface area contributed by atoms with E-state index in [2.05, 4.69) is 15.1 Å². The molecule has 0 radical (unpaired) electrons. The molecule has 0 unspecified atom stereocenters. The maximum Gasteiger partial charge on any atom is 0.356 e. The van der Waals surface area contributed by atoms with Gasteiger partial charge in [0.15, 0.2) is 5.84 Å². The monoisotopic (exact) mass is 321 g/mol. The van der Waals surface area contributed by atoms with Crippen LogP contribution in [0.1, 0.15) is 11.3 Å². The van der Waals surface area contributed by atoms with Crippen LogP contribution >= 0.6 is 0 Å². The van der Waals surface area contributed by atoms with Crippen molar-refractivity contribution in [1.29, 1.82) is 0 Å². The molecular formula is C13H12FN5O4. The highest BCUT2D eigenvalue weighted by Gasteiger charge is 2.18. The Bertz CT molecular complexity index is 769. The number of halogens is 1. The lowest BCUT2D eigenvalue weighted by atomic mass is 10.2. The normalized spacial score (nSPS) is 11.3. The highest BCUT2D eigenvalue weighted by atomic mass is 19.1. The van der Waals surface area contributed by atoms with Crippen LogP contribution in [-0.2, 0) is 16.2 Å². The summed E-state index contributed by atoms with van der Waals surface area (Å²) in [5.74, 6) is -1.35. The fourth-order valence-electron chi connectivity index (χ4n) is 1.70. The van der Waals surface area contributed by atoms with Crippen LogP contribution in [0.25, 0.3) is 0 Å². The van der Waals surface area contributed by atoms with Crippen LogP contribution in [-0.4, -0.2) is 26.5 Å². The van der Waals surface area contributed by atoms with Gasteiger partial charge in [0.25, 0.3) is 0 Å². The standard InChI is InChI=1S/C13H12FN5O4/c1-8-11(19(21)22)6-16-18(8)7-12(20)23-17-13(15)9-2-4-10(14)5-3-9/h2-6H,7H2,1H3,(H2,15,17). The molecule has 10 heteroatoms. The molecule has 0 atom stereocenters. The lowest BCUT2D eigenvalue weighted by Gasteiger charge is -2.03. The van der Waals surface area contributed by atoms with E-state index in [0.29, 0.717) is 5.56 Å². The molecule has 1 aromatic carbocycles. The van der Waals surface area contributed by atoms with Gasteiger partial charge >= 0.3 is 11.7 Å². The summed E-state index contributed by atoms with van der Waals surface area (Å²) in [6.07, 6.45) is 1.04. The minimum Gasteiger partial charge on any atom is -0.380 e. The number of hydrogen-bond donors (Lipinski definition) is 1. The number of carbonyl (C=O) groups excluding carboxylic acids is 1. The zero-order chi connectivity index (χ0) is 17.0. The van der Waals surface area contributed by atoms with Crippen LogP contribution in [0.2, 0.25) is 0 Å². The SMILES string of the molecule is Cc1c([N+](=O)[O-])cnn1CC(=O)O/N=C(\N)c1ccc(F)cc1. The predicted molar refractivity (Wildman–Crippen MR) is 76.8 cm³/mol. The van der Waals surface area contributed by atoms with Gasteiger partial charge < -0.3 is 10.6 Å². The molecule has 120 valence electrons. The molecule has 1 heterocycles. The molecule has 0 aliphatic heterocycles. The van der Waals surface area contributed by atoms with Crippen molar-refractivity contribution in [2.45, 2.75) is 13.5 Å². The second-order valence-electron chi connectivity index (χ2n) is 4.48. The van der Waals surface area contributed by atoms with Crippen LogP contribution in [0.5, 0.6) is 0 Å². The van der Waals surface area contributed by atoms with Crippen LogP contribution in [0.3, 0.4) is 0 Å². The first kappa shape index (κ1) is 16.1. The number of carbonyl (C=O) groups is 1. The van der Waals surface area contributed by atoms with Gasteiger partial charge in [0.1, 0.15) is 24.3 Å². The molecule has 9 nitrogen and oxygen atoms in total. The molecule has 0 fully saturated rings. The Morgan fingerprint density at radius 2 is 2.13 bits per heavy atom. The molecule has 0 spiro atoms. The summed E-state index contributed by atoms with van der Waals surface area (Å²) in [6.45, 7) is 1.09. The van der Waals surface area contributed by atoms with Crippen LogP contribution < -0.4 is 5.73 Å². The van der Waals surface area contributed by atoms with E-state index < -0.39 is 16.7 Å². The Morgan fingerprint density at radius 1 is 1.48 bits per heavy atom. The summed E-state index contributed by atoms with van der Waals surface area (Å²) in [4.78, 5) is 26.4. The minimum atomic E-state index is -0.809. The van der Waals surface area contributed by atoms with E-state index in [9.17, 15) is 19.3 Å². The van der Waals surface area contributed by atoms with Gasteiger partial charge in [-0.2, -0.15) is 5.10 Å². The summed E-state index contributed by atoms with van der Waals surface area (Å²) in [6, 6.07) is 5.13. The third-order valence-electron chi connectivity index (χ3n) is 2.94. The quantitative estimate of drug-likeness (QED) is 0.289. The molecule has 23 heavy (non-hydrogen) atoms. The average molecular weight is 321 g/mol. The first-order chi connectivity index (χ1) is 10.9. The lowest BCUT2D eigenvalue weighted by molar-refractivity contribution is -0.385. The van der Waals surface area contributed by atoms with Gasteiger partial charge in [0.2, 0.25) is 0 Å². The van der Waals surface area contributed by atoms with Crippen molar-refractivity contribution in [2.75, 3.05) is 0 Å². The Labute approximate surface area is 129 Å². The number of rotatable bonds is 5. The van der Waals surface area contributed by atoms with Crippen molar-refractivity contribution >= 4 is 17.5 Å². The van der Waals surface area contributed by atoms with Crippen LogP contribution in [0, 0.1) is 22.9 Å². The van der Waals surface area contributed by atoms with Gasteiger partial charge in [0, 0.05) is 5.56 Å². The van der Waals surface area contributed by atoms with Gasteiger partial charge in [-0.1, -0.05) is 5.16 Å². The van der Waals surface area contributed by atoms with Gasteiger partial charge in [-0.15, -0.1) is 0 Å². The number of nitro groups is 1. The van der Waals surface area contributed by atoms with Crippen LogP contribution in [0.4, 0.5) is 10.1 Å². The van der Waals surface area contributed by atoms with Crippen molar-refractivity contribution in [1.82, 2.24) is 9.78 Å². The van der Waals surface area contributed by atoms with Crippen molar-refractivity contribution in [3.8, 4) is 0 Å². The van der Waals surface area contributed by atoms with Gasteiger partial charge in [-0.3, -0.25) is 14.8 Å². The van der Waals surface area contributed by atoms with Crippen molar-refractivity contribution in [3.05, 3.63) is 57.7 Å². The van der Waals surface area contributed by atoms with E-state index >= 15 is 0 Å². The summed E-state index contributed by atoms with van der Waals surface area (Å²) in [5, 5.41) is 17.9. The van der Waals surface area contributed by atoms with Crippen molar-refractivity contribution < 1.29 is 18.9 Å². The molecule has 0 amide bonds. The Balaban J connectivity index is 2.01. The zero-order valence-corrected chi connectivity index (χ0v) is 12.0. The number of oxime groups is 1. The number of hydrogen-bond acceptors (Lipinski definition) is 6. The molecule has 0 saturated carbocycles. The molecule has 0 saturated heterocycles. The fraction of sp³-hybridized carbons (Fsp3) is 0.154. The summed E-state index contributed by atoms with van der Waals surface area (Å²) in [7, 11) is 0. The third-order valence-corrected chi connectivity index (χ3v) is 2.94. The summed E-state index contributed by atoms with van der Waals surface area (Å²) in [5.41, 5.74) is 5.99. The van der Waals surface area contributed by atoms with Crippen molar-refractivity contribution in [2.24, 2.45) is 10.9 Å². The zero-order valence-electron chi connectivity index (χ0n) is 12.0. The maximum atomic E-state index is 12.8. The van der Waals surface area contributed by atoms with Crippen molar-refractivity contribution in [3.63, 3.8) is 0 Å². The molecule has 2 N–H and O–H groups in total. The largest absolute Gasteiger partial charge is 0.380 e. The minimum absolute atomic E-state index is 0.110. The van der Waals surface area contributed by atoms with E-state index in [1.165, 1.54) is 31.2 Å². The molecule has 0 aliphatic rings. The molecule has 0 aliphatic carbocycles. The Kier molecular flexibility index (Phi) is 4.64. The Hall–Kier alpha value is -3.30. The second-order valence-corrected chi connectivity index (χ2v) is 4.48. The number of amidine groups is 1. The Morgan fingerprint density at radius 3 is 2.70 bits per heavy atom. The predicted octanol–water partition coefficient (Wildman–Crippen LogP) is 1.10. The molecular weight excluding hydrogens is 309 g/mol. The lowest BCUT2D eigenvalue weighted by Crippen LogP contribution is -2.18. The van der Waals surface area contributed by atoms with Gasteiger partial charge in [-0.25, -0.2) is 9.18 Å². The molecule has 2 rings (SSSR count). The number of benzene rings is 1. The van der Waals surface area contributed by atoms with Crippen LogP contribution in [0.15, 0.2) is 35.6 Å². The summed E-state index contributed by atoms with van der Waals surface area (Å²) >= 11 is 0. The third kappa shape index (κ3) is 3.87. The number of nitrogens with two attached hydrogens (primary N) is 1. The van der Waals surface area contributed by atoms with E-state index in [4.69, 9.17) is 5.73 Å². The van der Waals surface area contributed by atoms with E-state index in [-0.39, 0.29) is 23.8 Å². The molecule has 2 aromatic rings. The fourth-order valence-corrected chi connectivity index (χ4v) is 1.70. The number of aromatic nitrogens is 2. The molecule has 1 aromatic heterocycles. The smallest absolute Gasteiger partial charge is 0.356 e. The first-order valence-electron chi connectivity index (χ1n) is 6.34. The van der Waals surface area contributed by atoms with Gasteiger partial charge in [-0.05, 0) is 31.2 Å². The average Bonchev–Trinajstić information content (AvgIpc) is 2.87. The number of nitrogens with zero attached hydrogens (tertiary/aromatic N) is 4. The summed E-state index contributed by atoms with van der Waals surface area (Å²) < 4.78 is 13.9. The maximum absolute atomic E-state index is 12.8. The van der Waals surface area contributed by atoms with E-state index in [0.717, 1.165) is 10.9 Å². The highest BCUT2D eigenvalue weighted by Crippen LogP contribution is 2.15. The first-order valence-corrected chi connectivity index (χ1v) is 6.34. The topological polar surface area (TPSA) is 126 Å². The second kappa shape index (κ2) is 6.64. The highest BCUT2D eigenvalue weighted by molar-refractivity contribution is 5.97. The van der Waals surface area contributed by atoms with E-state index in [1.54, 1.807) is 0 Å².